The van der Waals surface area contributed by atoms with Crippen molar-refractivity contribution < 1.29 is 4.74 Å². The summed E-state index contributed by atoms with van der Waals surface area (Å²) in [6.45, 7) is 6.65. The number of aryl methyl sites for hydroxylation is 1. The van der Waals surface area contributed by atoms with E-state index in [0.29, 0.717) is 12.3 Å². The predicted octanol–water partition coefficient (Wildman–Crippen LogP) is 1.81. The smallest absolute Gasteiger partial charge is 0.149 e. The first-order chi connectivity index (χ1) is 6.96. The Hall–Kier alpha value is -1.29. The molecule has 0 unspecified atom stereocenters. The summed E-state index contributed by atoms with van der Waals surface area (Å²) in [5.41, 5.74) is 7.47. The number of nitrogens with zero attached hydrogens (tertiary/aromatic N) is 1. The van der Waals surface area contributed by atoms with Crippen LogP contribution in [0.5, 0.6) is 0 Å². The molecule has 4 nitrogen and oxygen atoms in total. The third-order valence-corrected chi connectivity index (χ3v) is 2.17. The van der Waals surface area contributed by atoms with Crippen LogP contribution in [0.4, 0.5) is 11.5 Å². The summed E-state index contributed by atoms with van der Waals surface area (Å²) in [5, 5.41) is 3.27. The summed E-state index contributed by atoms with van der Waals surface area (Å²) in [5.74, 6) is 0.719. The van der Waals surface area contributed by atoms with Gasteiger partial charge >= 0.3 is 0 Å². The highest BCUT2D eigenvalue weighted by atomic mass is 16.5. The van der Waals surface area contributed by atoms with Crippen LogP contribution in [-0.2, 0) is 4.74 Å². The summed E-state index contributed by atoms with van der Waals surface area (Å²) < 4.78 is 5.12. The van der Waals surface area contributed by atoms with E-state index in [-0.39, 0.29) is 5.54 Å². The molecule has 0 atom stereocenters. The Kier molecular flexibility index (Phi) is 3.52. The highest BCUT2D eigenvalue weighted by molar-refractivity contribution is 5.65. The molecule has 15 heavy (non-hydrogen) atoms. The Balaban J connectivity index is 2.85. The van der Waals surface area contributed by atoms with Crippen molar-refractivity contribution in [2.75, 3.05) is 24.8 Å². The van der Waals surface area contributed by atoms with E-state index in [1.165, 1.54) is 0 Å². The number of nitrogens with one attached hydrogen (secondary N) is 1. The van der Waals surface area contributed by atoms with E-state index in [4.69, 9.17) is 10.5 Å². The predicted molar refractivity (Wildman–Crippen MR) is 63.0 cm³/mol. The lowest BCUT2D eigenvalue weighted by Crippen LogP contribution is -2.36. The van der Waals surface area contributed by atoms with E-state index in [1.807, 2.05) is 26.8 Å². The van der Waals surface area contributed by atoms with Gasteiger partial charge in [-0.15, -0.1) is 0 Å². The van der Waals surface area contributed by atoms with Crippen LogP contribution in [0.2, 0.25) is 0 Å². The first kappa shape index (κ1) is 11.8. The zero-order valence-electron chi connectivity index (χ0n) is 9.79. The second-order valence-corrected chi connectivity index (χ2v) is 4.33. The van der Waals surface area contributed by atoms with Crippen LogP contribution in [-0.4, -0.2) is 24.2 Å². The Morgan fingerprint density at radius 3 is 2.80 bits per heavy atom. The standard InChI is InChI=1S/C11H19N3O/c1-8-5-6-13-10(9(8)12)14-11(2,3)7-15-4/h5-6H,7,12H2,1-4H3,(H,13,14). The second kappa shape index (κ2) is 4.49. The average Bonchev–Trinajstić information content (AvgIpc) is 2.12. The van der Waals surface area contributed by atoms with Gasteiger partial charge in [0.05, 0.1) is 17.8 Å². The van der Waals surface area contributed by atoms with Gasteiger partial charge in [-0.2, -0.15) is 0 Å². The molecule has 0 saturated heterocycles. The topological polar surface area (TPSA) is 60.2 Å². The van der Waals surface area contributed by atoms with Gasteiger partial charge in [0.1, 0.15) is 5.82 Å². The lowest BCUT2D eigenvalue weighted by atomic mass is 10.1. The molecule has 0 fully saturated rings. The maximum Gasteiger partial charge on any atom is 0.149 e. The summed E-state index contributed by atoms with van der Waals surface area (Å²) in [6, 6.07) is 1.89. The van der Waals surface area contributed by atoms with Crippen LogP contribution in [0.3, 0.4) is 0 Å². The molecule has 0 saturated carbocycles. The molecule has 0 bridgehead atoms. The van der Waals surface area contributed by atoms with Crippen LogP contribution < -0.4 is 11.1 Å². The highest BCUT2D eigenvalue weighted by Crippen LogP contribution is 2.22. The van der Waals surface area contributed by atoms with E-state index in [0.717, 1.165) is 11.4 Å². The number of aromatic nitrogens is 1. The normalized spacial score (nSPS) is 11.5. The third kappa shape index (κ3) is 3.09. The molecule has 0 amide bonds. The first-order valence-corrected chi connectivity index (χ1v) is 4.94. The van der Waals surface area contributed by atoms with Crippen molar-refractivity contribution in [3.8, 4) is 0 Å². The van der Waals surface area contributed by atoms with Crippen molar-refractivity contribution in [1.82, 2.24) is 4.98 Å². The van der Waals surface area contributed by atoms with Gasteiger partial charge in [0, 0.05) is 13.3 Å². The molecule has 1 aromatic rings. The fourth-order valence-corrected chi connectivity index (χ4v) is 1.39. The number of ether oxygens (including phenoxy) is 1. The third-order valence-electron chi connectivity index (χ3n) is 2.17. The second-order valence-electron chi connectivity index (χ2n) is 4.33. The maximum atomic E-state index is 5.92. The summed E-state index contributed by atoms with van der Waals surface area (Å²) >= 11 is 0. The van der Waals surface area contributed by atoms with Crippen LogP contribution in [0.15, 0.2) is 12.3 Å². The number of nitrogen functional groups attached to an aromatic ring is 1. The lowest BCUT2D eigenvalue weighted by Gasteiger charge is -2.26. The van der Waals surface area contributed by atoms with Crippen LogP contribution >= 0.6 is 0 Å². The average molecular weight is 209 g/mol. The number of pyridine rings is 1. The molecule has 1 rings (SSSR count). The fraction of sp³-hybridized carbons (Fsp3) is 0.545. The highest BCUT2D eigenvalue weighted by Gasteiger charge is 2.19. The summed E-state index contributed by atoms with van der Waals surface area (Å²) in [4.78, 5) is 4.21. The molecule has 0 radical (unpaired) electrons. The summed E-state index contributed by atoms with van der Waals surface area (Å²) in [7, 11) is 1.68. The van der Waals surface area contributed by atoms with Gasteiger partial charge in [-0.3, -0.25) is 0 Å². The van der Waals surface area contributed by atoms with Crippen LogP contribution in [0.25, 0.3) is 0 Å². The van der Waals surface area contributed by atoms with Crippen molar-refractivity contribution in [1.29, 1.82) is 0 Å². The van der Waals surface area contributed by atoms with Gasteiger partial charge in [-0.05, 0) is 32.4 Å². The Morgan fingerprint density at radius 1 is 1.53 bits per heavy atom. The van der Waals surface area contributed by atoms with Gasteiger partial charge in [0.15, 0.2) is 0 Å². The number of hydrogen-bond donors (Lipinski definition) is 2. The van der Waals surface area contributed by atoms with Gasteiger partial charge in [0.25, 0.3) is 0 Å². The molecule has 4 heteroatoms. The Morgan fingerprint density at radius 2 is 2.20 bits per heavy atom. The number of nitrogens with two attached hydrogens (primary N) is 1. The Labute approximate surface area is 90.8 Å². The molecular formula is C11H19N3O. The van der Waals surface area contributed by atoms with Gasteiger partial charge in [-0.1, -0.05) is 0 Å². The van der Waals surface area contributed by atoms with Crippen molar-refractivity contribution in [3.63, 3.8) is 0 Å². The number of rotatable bonds is 4. The monoisotopic (exact) mass is 209 g/mol. The van der Waals surface area contributed by atoms with Gasteiger partial charge in [0.2, 0.25) is 0 Å². The minimum absolute atomic E-state index is 0.177. The number of methoxy groups -OCH3 is 1. The first-order valence-electron chi connectivity index (χ1n) is 4.94. The van der Waals surface area contributed by atoms with Crippen molar-refractivity contribution >= 4 is 11.5 Å². The van der Waals surface area contributed by atoms with E-state index in [2.05, 4.69) is 10.3 Å². The molecule has 84 valence electrons. The molecule has 3 N–H and O–H groups in total. The molecule has 0 aliphatic rings. The number of anilines is 2. The molecule has 0 spiro atoms. The van der Waals surface area contributed by atoms with Gasteiger partial charge in [-0.25, -0.2) is 4.98 Å². The molecular weight excluding hydrogens is 190 g/mol. The number of hydrogen-bond acceptors (Lipinski definition) is 4. The van der Waals surface area contributed by atoms with Crippen molar-refractivity contribution in [3.05, 3.63) is 17.8 Å². The molecule has 0 aromatic carbocycles. The zero-order chi connectivity index (χ0) is 11.5. The molecule has 0 aliphatic carbocycles. The maximum absolute atomic E-state index is 5.92. The minimum atomic E-state index is -0.177. The van der Waals surface area contributed by atoms with Crippen molar-refractivity contribution in [2.24, 2.45) is 0 Å². The zero-order valence-corrected chi connectivity index (χ0v) is 9.79. The SMILES string of the molecule is COCC(C)(C)Nc1nccc(C)c1N. The van der Waals surface area contributed by atoms with E-state index < -0.39 is 0 Å². The Bertz CT molecular complexity index is 337. The van der Waals surface area contributed by atoms with E-state index >= 15 is 0 Å². The summed E-state index contributed by atoms with van der Waals surface area (Å²) in [6.07, 6.45) is 1.75. The fourth-order valence-electron chi connectivity index (χ4n) is 1.39. The van der Waals surface area contributed by atoms with E-state index in [9.17, 15) is 0 Å². The molecule has 1 aromatic heterocycles. The van der Waals surface area contributed by atoms with Crippen LogP contribution in [0, 0.1) is 6.92 Å². The van der Waals surface area contributed by atoms with Gasteiger partial charge < -0.3 is 15.8 Å². The molecule has 1 heterocycles. The van der Waals surface area contributed by atoms with Crippen LogP contribution in [0.1, 0.15) is 19.4 Å². The quantitative estimate of drug-likeness (QED) is 0.794. The van der Waals surface area contributed by atoms with Crippen molar-refractivity contribution in [2.45, 2.75) is 26.3 Å². The minimum Gasteiger partial charge on any atom is -0.396 e. The largest absolute Gasteiger partial charge is 0.396 e. The molecule has 0 aliphatic heterocycles. The lowest BCUT2D eigenvalue weighted by molar-refractivity contribution is 0.158. The van der Waals surface area contributed by atoms with E-state index in [1.54, 1.807) is 13.3 Å².